The van der Waals surface area contributed by atoms with E-state index >= 15 is 0 Å². The third kappa shape index (κ3) is 1.02. The van der Waals surface area contributed by atoms with E-state index < -0.39 is 0 Å². The summed E-state index contributed by atoms with van der Waals surface area (Å²) in [5, 5.41) is 5.21. The fourth-order valence-electron chi connectivity index (χ4n) is 1.23. The van der Waals surface area contributed by atoms with Gasteiger partial charge < -0.3 is 0 Å². The third-order valence-corrected chi connectivity index (χ3v) is 2.19. The van der Waals surface area contributed by atoms with Gasteiger partial charge in [-0.1, -0.05) is 30.4 Å². The number of aryl methyl sites for hydroxylation is 1. The molecule has 0 aliphatic rings. The van der Waals surface area contributed by atoms with Gasteiger partial charge in [0.15, 0.2) is 0 Å². The molecule has 0 aliphatic carbocycles. The number of aromatic nitrogens is 2. The fraction of sp³-hybridized carbons (Fsp3) is 0.111. The number of para-hydroxylation sites is 1. The summed E-state index contributed by atoms with van der Waals surface area (Å²) >= 11 is 5.14. The van der Waals surface area contributed by atoms with Gasteiger partial charge in [0.1, 0.15) is 0 Å². The Kier molecular flexibility index (Phi) is 1.66. The smallest absolute Gasteiger partial charge is 0.0678 e. The van der Waals surface area contributed by atoms with E-state index in [4.69, 9.17) is 12.2 Å². The summed E-state index contributed by atoms with van der Waals surface area (Å²) in [6.45, 7) is 0. The average Bonchev–Trinajstić information content (AvgIpc) is 2.12. The van der Waals surface area contributed by atoms with Crippen LogP contribution in [0.5, 0.6) is 0 Å². The predicted octanol–water partition coefficient (Wildman–Crippen LogP) is 2.30. The first kappa shape index (κ1) is 7.43. The molecule has 0 saturated carbocycles. The van der Waals surface area contributed by atoms with Gasteiger partial charge in [0.05, 0.1) is 16.2 Å². The monoisotopic (exact) mass is 176 g/mol. The molecule has 12 heavy (non-hydrogen) atoms. The molecule has 0 radical (unpaired) electrons. The van der Waals surface area contributed by atoms with Crippen molar-refractivity contribution in [3.05, 3.63) is 35.0 Å². The van der Waals surface area contributed by atoms with Crippen molar-refractivity contribution in [2.75, 3.05) is 0 Å². The van der Waals surface area contributed by atoms with E-state index in [1.165, 1.54) is 0 Å². The van der Waals surface area contributed by atoms with Gasteiger partial charge in [0.2, 0.25) is 0 Å². The van der Waals surface area contributed by atoms with Crippen LogP contribution >= 0.6 is 12.2 Å². The summed E-state index contributed by atoms with van der Waals surface area (Å²) < 4.78 is 2.63. The lowest BCUT2D eigenvalue weighted by Gasteiger charge is -2.02. The predicted molar refractivity (Wildman–Crippen MR) is 51.5 cm³/mol. The molecule has 0 spiro atoms. The minimum atomic E-state index is 0.809. The van der Waals surface area contributed by atoms with Crippen LogP contribution in [-0.4, -0.2) is 9.78 Å². The molecule has 1 heterocycles. The molecule has 1 aromatic carbocycles. The fourth-order valence-corrected chi connectivity index (χ4v) is 1.45. The zero-order valence-electron chi connectivity index (χ0n) is 6.69. The minimum Gasteiger partial charge on any atom is -0.268 e. The van der Waals surface area contributed by atoms with E-state index in [0.717, 1.165) is 15.4 Å². The van der Waals surface area contributed by atoms with Crippen molar-refractivity contribution < 1.29 is 0 Å². The molecule has 0 fully saturated rings. The molecule has 0 bridgehead atoms. The summed E-state index contributed by atoms with van der Waals surface area (Å²) in [7, 11) is 1.91. The van der Waals surface area contributed by atoms with Crippen molar-refractivity contribution in [2.24, 2.45) is 7.05 Å². The average molecular weight is 176 g/mol. The van der Waals surface area contributed by atoms with Crippen molar-refractivity contribution in [1.29, 1.82) is 0 Å². The topological polar surface area (TPSA) is 17.8 Å². The number of nitrogens with zero attached hydrogens (tertiary/aromatic N) is 2. The maximum atomic E-state index is 5.14. The van der Waals surface area contributed by atoms with E-state index in [9.17, 15) is 0 Å². The van der Waals surface area contributed by atoms with Gasteiger partial charge >= 0.3 is 0 Å². The molecule has 0 amide bonds. The van der Waals surface area contributed by atoms with E-state index in [0.29, 0.717) is 0 Å². The molecule has 0 atom stereocenters. The van der Waals surface area contributed by atoms with Crippen LogP contribution in [0.15, 0.2) is 30.5 Å². The Hall–Kier alpha value is -1.22. The van der Waals surface area contributed by atoms with Gasteiger partial charge in [0.25, 0.3) is 0 Å². The van der Waals surface area contributed by atoms with E-state index in [2.05, 4.69) is 5.10 Å². The maximum Gasteiger partial charge on any atom is 0.0678 e. The Morgan fingerprint density at radius 1 is 1.33 bits per heavy atom. The molecule has 0 N–H and O–H groups in total. The van der Waals surface area contributed by atoms with Crippen molar-refractivity contribution in [1.82, 2.24) is 9.78 Å². The standard InChI is InChI=1S/C9H8N2S/c1-11-8-5-3-2-4-7(8)9(12)6-10-11/h2-6H,1H3. The Balaban J connectivity index is 3.05. The van der Waals surface area contributed by atoms with E-state index in [-0.39, 0.29) is 0 Å². The summed E-state index contributed by atoms with van der Waals surface area (Å²) in [6, 6.07) is 7.99. The molecule has 2 rings (SSSR count). The maximum absolute atomic E-state index is 5.14. The quantitative estimate of drug-likeness (QED) is 0.573. The first-order valence-electron chi connectivity index (χ1n) is 3.70. The van der Waals surface area contributed by atoms with Gasteiger partial charge in [-0.3, -0.25) is 4.68 Å². The first-order chi connectivity index (χ1) is 5.79. The number of benzene rings is 1. The van der Waals surface area contributed by atoms with Crippen LogP contribution in [0.4, 0.5) is 0 Å². The van der Waals surface area contributed by atoms with Crippen LogP contribution in [-0.2, 0) is 7.05 Å². The highest BCUT2D eigenvalue weighted by molar-refractivity contribution is 7.71. The zero-order valence-corrected chi connectivity index (χ0v) is 7.51. The summed E-state index contributed by atoms with van der Waals surface area (Å²) in [5.41, 5.74) is 1.07. The Labute approximate surface area is 75.5 Å². The largest absolute Gasteiger partial charge is 0.268 e. The second-order valence-electron chi connectivity index (χ2n) is 2.65. The number of rotatable bonds is 0. The molecule has 2 nitrogen and oxygen atoms in total. The van der Waals surface area contributed by atoms with Crippen LogP contribution in [0, 0.1) is 4.51 Å². The third-order valence-electron chi connectivity index (χ3n) is 1.87. The highest BCUT2D eigenvalue weighted by Crippen LogP contribution is 2.11. The summed E-state index contributed by atoms with van der Waals surface area (Å²) in [5.74, 6) is 0. The van der Waals surface area contributed by atoms with Gasteiger partial charge in [-0.2, -0.15) is 5.10 Å². The van der Waals surface area contributed by atoms with E-state index in [1.807, 2.05) is 36.0 Å². The Morgan fingerprint density at radius 3 is 2.83 bits per heavy atom. The van der Waals surface area contributed by atoms with Crippen molar-refractivity contribution in [3.8, 4) is 0 Å². The second kappa shape index (κ2) is 2.68. The first-order valence-corrected chi connectivity index (χ1v) is 4.11. The van der Waals surface area contributed by atoms with Crippen molar-refractivity contribution >= 4 is 23.1 Å². The molecular formula is C9H8N2S. The highest BCUT2D eigenvalue weighted by Gasteiger charge is 1.95. The van der Waals surface area contributed by atoms with Crippen LogP contribution in [0.3, 0.4) is 0 Å². The Bertz CT molecular complexity index is 473. The zero-order chi connectivity index (χ0) is 8.55. The second-order valence-corrected chi connectivity index (χ2v) is 3.09. The number of fused-ring (bicyclic) bond motifs is 1. The van der Waals surface area contributed by atoms with E-state index in [1.54, 1.807) is 6.20 Å². The normalized spacial score (nSPS) is 10.4. The summed E-state index contributed by atoms with van der Waals surface area (Å²) in [6.07, 6.45) is 1.71. The molecule has 3 heteroatoms. The molecule has 60 valence electrons. The number of hydrogen-bond acceptors (Lipinski definition) is 2. The molecule has 0 unspecified atom stereocenters. The molecule has 0 aliphatic heterocycles. The van der Waals surface area contributed by atoms with Gasteiger partial charge in [-0.05, 0) is 6.07 Å². The molecule has 2 aromatic rings. The van der Waals surface area contributed by atoms with Crippen LogP contribution in [0.25, 0.3) is 10.9 Å². The van der Waals surface area contributed by atoms with Gasteiger partial charge in [0, 0.05) is 12.4 Å². The highest BCUT2D eigenvalue weighted by atomic mass is 32.1. The Morgan fingerprint density at radius 2 is 2.08 bits per heavy atom. The van der Waals surface area contributed by atoms with Gasteiger partial charge in [-0.15, -0.1) is 0 Å². The van der Waals surface area contributed by atoms with Crippen molar-refractivity contribution in [2.45, 2.75) is 0 Å². The molecular weight excluding hydrogens is 168 g/mol. The SMILES string of the molecule is Cn1ncc(=S)c2ccccc21. The molecule has 1 aromatic heterocycles. The lowest BCUT2D eigenvalue weighted by Crippen LogP contribution is -1.97. The lowest BCUT2D eigenvalue weighted by molar-refractivity contribution is 0.775. The van der Waals surface area contributed by atoms with Crippen LogP contribution in [0.2, 0.25) is 0 Å². The lowest BCUT2D eigenvalue weighted by atomic mass is 10.2. The van der Waals surface area contributed by atoms with Crippen LogP contribution in [0.1, 0.15) is 0 Å². The summed E-state index contributed by atoms with van der Waals surface area (Å²) in [4.78, 5) is 0. The van der Waals surface area contributed by atoms with Crippen LogP contribution < -0.4 is 0 Å². The minimum absolute atomic E-state index is 0.809. The van der Waals surface area contributed by atoms with Gasteiger partial charge in [-0.25, -0.2) is 0 Å². The molecule has 0 saturated heterocycles. The number of hydrogen-bond donors (Lipinski definition) is 0. The van der Waals surface area contributed by atoms with Crippen molar-refractivity contribution in [3.63, 3.8) is 0 Å².